The Morgan fingerprint density at radius 3 is 2.82 bits per heavy atom. The standard InChI is InChI=1S/C14H9ClN4O2S/c15-9-7-8(4-5-11(9)20)12(21)17-14-19-18-13(22-14)10-3-1-2-6-16-10/h1-7,20H,(H,17,19,21). The van der Waals surface area contributed by atoms with Crippen LogP contribution in [0.15, 0.2) is 42.6 Å². The molecule has 8 heteroatoms. The first-order valence-corrected chi connectivity index (χ1v) is 7.38. The molecule has 110 valence electrons. The largest absolute Gasteiger partial charge is 0.506 e. The minimum absolute atomic E-state index is 0.0772. The van der Waals surface area contributed by atoms with E-state index in [4.69, 9.17) is 11.6 Å². The number of phenolic OH excluding ortho intramolecular Hbond substituents is 1. The third-order valence-electron chi connectivity index (χ3n) is 2.74. The summed E-state index contributed by atoms with van der Waals surface area (Å²) >= 11 is 7.00. The number of halogens is 1. The lowest BCUT2D eigenvalue weighted by Gasteiger charge is -2.02. The second-order valence-electron chi connectivity index (χ2n) is 4.25. The number of anilines is 1. The molecular formula is C14H9ClN4O2S. The average molecular weight is 333 g/mol. The molecule has 2 aromatic heterocycles. The summed E-state index contributed by atoms with van der Waals surface area (Å²) in [6, 6.07) is 9.68. The van der Waals surface area contributed by atoms with Crippen molar-refractivity contribution in [2.24, 2.45) is 0 Å². The highest BCUT2D eigenvalue weighted by Gasteiger charge is 2.13. The maximum Gasteiger partial charge on any atom is 0.257 e. The Labute approximate surface area is 134 Å². The fourth-order valence-corrected chi connectivity index (χ4v) is 2.58. The zero-order valence-corrected chi connectivity index (χ0v) is 12.6. The van der Waals surface area contributed by atoms with E-state index in [-0.39, 0.29) is 16.7 Å². The molecule has 0 aliphatic carbocycles. The second kappa shape index (κ2) is 6.08. The molecule has 2 N–H and O–H groups in total. The Kier molecular flexibility index (Phi) is 3.99. The van der Waals surface area contributed by atoms with E-state index in [1.165, 1.54) is 29.5 Å². The third kappa shape index (κ3) is 3.05. The predicted molar refractivity (Wildman–Crippen MR) is 84.2 cm³/mol. The SMILES string of the molecule is O=C(Nc1nnc(-c2ccccn2)s1)c1ccc(O)c(Cl)c1. The van der Waals surface area contributed by atoms with Gasteiger partial charge in [-0.2, -0.15) is 0 Å². The van der Waals surface area contributed by atoms with Gasteiger partial charge in [0.1, 0.15) is 11.4 Å². The van der Waals surface area contributed by atoms with Gasteiger partial charge < -0.3 is 5.11 Å². The second-order valence-corrected chi connectivity index (χ2v) is 5.63. The zero-order valence-electron chi connectivity index (χ0n) is 11.0. The molecule has 0 bridgehead atoms. The number of carbonyl (C=O) groups excluding carboxylic acids is 1. The number of hydrogen-bond donors (Lipinski definition) is 2. The van der Waals surface area contributed by atoms with Crippen LogP contribution >= 0.6 is 22.9 Å². The van der Waals surface area contributed by atoms with Gasteiger partial charge in [0, 0.05) is 11.8 Å². The van der Waals surface area contributed by atoms with Crippen LogP contribution in [-0.4, -0.2) is 26.2 Å². The van der Waals surface area contributed by atoms with Gasteiger partial charge in [-0.3, -0.25) is 15.1 Å². The van der Waals surface area contributed by atoms with E-state index in [1.54, 1.807) is 6.20 Å². The molecule has 3 rings (SSSR count). The number of benzene rings is 1. The van der Waals surface area contributed by atoms with Gasteiger partial charge >= 0.3 is 0 Å². The maximum atomic E-state index is 12.1. The maximum absolute atomic E-state index is 12.1. The van der Waals surface area contributed by atoms with Gasteiger partial charge in [0.25, 0.3) is 5.91 Å². The highest BCUT2D eigenvalue weighted by Crippen LogP contribution is 2.26. The number of amides is 1. The van der Waals surface area contributed by atoms with Crippen LogP contribution in [0.3, 0.4) is 0 Å². The van der Waals surface area contributed by atoms with E-state index in [1.807, 2.05) is 18.2 Å². The van der Waals surface area contributed by atoms with Crippen molar-refractivity contribution in [1.82, 2.24) is 15.2 Å². The molecule has 0 saturated carbocycles. The number of phenols is 1. The van der Waals surface area contributed by atoms with Crippen LogP contribution in [0, 0.1) is 0 Å². The molecule has 0 atom stereocenters. The highest BCUT2D eigenvalue weighted by molar-refractivity contribution is 7.18. The lowest BCUT2D eigenvalue weighted by molar-refractivity contribution is 0.102. The van der Waals surface area contributed by atoms with Gasteiger partial charge in [0.2, 0.25) is 5.13 Å². The Balaban J connectivity index is 1.77. The van der Waals surface area contributed by atoms with Crippen LogP contribution in [0.25, 0.3) is 10.7 Å². The number of nitrogens with zero attached hydrogens (tertiary/aromatic N) is 3. The monoisotopic (exact) mass is 332 g/mol. The summed E-state index contributed by atoms with van der Waals surface area (Å²) in [7, 11) is 0. The Hall–Kier alpha value is -2.51. The minimum Gasteiger partial charge on any atom is -0.506 e. The molecule has 0 spiro atoms. The van der Waals surface area contributed by atoms with Crippen molar-refractivity contribution < 1.29 is 9.90 Å². The first-order valence-electron chi connectivity index (χ1n) is 6.18. The summed E-state index contributed by atoms with van der Waals surface area (Å²) in [5.41, 5.74) is 1.01. The van der Waals surface area contributed by atoms with E-state index in [0.29, 0.717) is 21.4 Å². The molecule has 1 aromatic carbocycles. The van der Waals surface area contributed by atoms with Crippen LogP contribution in [-0.2, 0) is 0 Å². The molecular weight excluding hydrogens is 324 g/mol. The predicted octanol–water partition coefficient (Wildman–Crippen LogP) is 3.21. The highest BCUT2D eigenvalue weighted by atomic mass is 35.5. The van der Waals surface area contributed by atoms with Crippen molar-refractivity contribution in [2.75, 3.05) is 5.32 Å². The summed E-state index contributed by atoms with van der Waals surface area (Å²) in [6.45, 7) is 0. The third-order valence-corrected chi connectivity index (χ3v) is 3.90. The number of rotatable bonds is 3. The number of carbonyl (C=O) groups is 1. The molecule has 0 aliphatic rings. The van der Waals surface area contributed by atoms with E-state index in [0.717, 1.165) is 0 Å². The normalized spacial score (nSPS) is 10.4. The number of nitrogens with one attached hydrogen (secondary N) is 1. The fraction of sp³-hybridized carbons (Fsp3) is 0. The Bertz CT molecular complexity index is 823. The van der Waals surface area contributed by atoms with Crippen molar-refractivity contribution in [3.05, 3.63) is 53.2 Å². The lowest BCUT2D eigenvalue weighted by atomic mass is 10.2. The molecule has 2 heterocycles. The van der Waals surface area contributed by atoms with Gasteiger partial charge in [0.15, 0.2) is 5.01 Å². The van der Waals surface area contributed by atoms with Gasteiger partial charge in [0.05, 0.1) is 5.02 Å². The smallest absolute Gasteiger partial charge is 0.257 e. The van der Waals surface area contributed by atoms with Crippen LogP contribution in [0.2, 0.25) is 5.02 Å². The van der Waals surface area contributed by atoms with E-state index in [2.05, 4.69) is 20.5 Å². The van der Waals surface area contributed by atoms with E-state index < -0.39 is 0 Å². The quantitative estimate of drug-likeness (QED) is 0.769. The molecule has 1 amide bonds. The fourth-order valence-electron chi connectivity index (χ4n) is 1.68. The Morgan fingerprint density at radius 1 is 1.23 bits per heavy atom. The molecule has 0 saturated heterocycles. The number of aromatic nitrogens is 3. The first-order chi connectivity index (χ1) is 10.6. The lowest BCUT2D eigenvalue weighted by Crippen LogP contribution is -2.11. The van der Waals surface area contributed by atoms with Gasteiger partial charge in [-0.1, -0.05) is 29.0 Å². The number of aromatic hydroxyl groups is 1. The molecule has 0 radical (unpaired) electrons. The molecule has 22 heavy (non-hydrogen) atoms. The molecule has 0 aliphatic heterocycles. The average Bonchev–Trinajstić information content (AvgIpc) is 2.99. The molecule has 3 aromatic rings. The number of pyridine rings is 1. The van der Waals surface area contributed by atoms with E-state index in [9.17, 15) is 9.90 Å². The summed E-state index contributed by atoms with van der Waals surface area (Å²) in [4.78, 5) is 16.3. The van der Waals surface area contributed by atoms with Gasteiger partial charge in [-0.15, -0.1) is 10.2 Å². The van der Waals surface area contributed by atoms with Gasteiger partial charge in [-0.25, -0.2) is 0 Å². The first kappa shape index (κ1) is 14.4. The van der Waals surface area contributed by atoms with Crippen molar-refractivity contribution in [2.45, 2.75) is 0 Å². The molecule has 0 fully saturated rings. The van der Waals surface area contributed by atoms with E-state index >= 15 is 0 Å². The summed E-state index contributed by atoms with van der Waals surface area (Å²) in [5.74, 6) is -0.461. The van der Waals surface area contributed by atoms with Crippen LogP contribution in [0.1, 0.15) is 10.4 Å². The van der Waals surface area contributed by atoms with Crippen LogP contribution in [0.4, 0.5) is 5.13 Å². The van der Waals surface area contributed by atoms with Crippen LogP contribution < -0.4 is 5.32 Å². The van der Waals surface area contributed by atoms with Crippen molar-refractivity contribution in [3.63, 3.8) is 0 Å². The summed E-state index contributed by atoms with van der Waals surface area (Å²) < 4.78 is 0. The Morgan fingerprint density at radius 2 is 2.09 bits per heavy atom. The van der Waals surface area contributed by atoms with Crippen molar-refractivity contribution in [3.8, 4) is 16.5 Å². The number of hydrogen-bond acceptors (Lipinski definition) is 6. The summed E-state index contributed by atoms with van der Waals surface area (Å²) in [6.07, 6.45) is 1.66. The van der Waals surface area contributed by atoms with Crippen molar-refractivity contribution >= 4 is 34.0 Å². The van der Waals surface area contributed by atoms with Crippen LogP contribution in [0.5, 0.6) is 5.75 Å². The zero-order chi connectivity index (χ0) is 15.5. The summed E-state index contributed by atoms with van der Waals surface area (Å²) in [5, 5.41) is 21.0. The molecule has 0 unspecified atom stereocenters. The van der Waals surface area contributed by atoms with Gasteiger partial charge in [-0.05, 0) is 30.3 Å². The topological polar surface area (TPSA) is 88.0 Å². The van der Waals surface area contributed by atoms with Crippen molar-refractivity contribution in [1.29, 1.82) is 0 Å². The minimum atomic E-state index is -0.384. The molecule has 6 nitrogen and oxygen atoms in total.